The summed E-state index contributed by atoms with van der Waals surface area (Å²) in [6, 6.07) is 0.127. The molecule has 160 valence electrons. The van der Waals surface area contributed by atoms with E-state index in [1.165, 1.54) is 0 Å². The van der Waals surface area contributed by atoms with Crippen molar-refractivity contribution in [3.63, 3.8) is 0 Å². The van der Waals surface area contributed by atoms with Gasteiger partial charge in [0.1, 0.15) is 0 Å². The minimum atomic E-state index is -0.316. The molecular formula is C23H41N3O2. The van der Waals surface area contributed by atoms with Gasteiger partial charge >= 0.3 is 0 Å². The van der Waals surface area contributed by atoms with Gasteiger partial charge in [-0.25, -0.2) is 0 Å². The number of hydrogen-bond donors (Lipinski definition) is 0. The molecule has 2 heterocycles. The van der Waals surface area contributed by atoms with Crippen LogP contribution in [0.5, 0.6) is 0 Å². The lowest BCUT2D eigenvalue weighted by Crippen LogP contribution is -2.64. The lowest BCUT2D eigenvalue weighted by Gasteiger charge is -2.53. The second kappa shape index (κ2) is 9.15. The van der Waals surface area contributed by atoms with Gasteiger partial charge in [-0.05, 0) is 37.5 Å². The summed E-state index contributed by atoms with van der Waals surface area (Å²) in [6.07, 6.45) is 6.58. The minimum Gasteiger partial charge on any atom is -0.340 e. The maximum Gasteiger partial charge on any atom is 0.230 e. The van der Waals surface area contributed by atoms with Gasteiger partial charge in [-0.2, -0.15) is 0 Å². The zero-order valence-corrected chi connectivity index (χ0v) is 18.6. The number of likely N-dealkylation sites (tertiary alicyclic amines) is 1. The number of amides is 2. The molecule has 1 aliphatic carbocycles. The Labute approximate surface area is 171 Å². The summed E-state index contributed by atoms with van der Waals surface area (Å²) in [6.45, 7) is 14.5. The predicted octanol–water partition coefficient (Wildman–Crippen LogP) is 3.38. The molecule has 0 radical (unpaired) electrons. The van der Waals surface area contributed by atoms with Crippen molar-refractivity contribution >= 4 is 11.8 Å². The van der Waals surface area contributed by atoms with E-state index in [2.05, 4.69) is 42.4 Å². The molecule has 3 aliphatic rings. The van der Waals surface area contributed by atoms with Crippen LogP contribution in [0.25, 0.3) is 0 Å². The molecule has 28 heavy (non-hydrogen) atoms. The molecular weight excluding hydrogens is 350 g/mol. The van der Waals surface area contributed by atoms with E-state index in [-0.39, 0.29) is 17.4 Å². The fraction of sp³-hybridized carbons (Fsp3) is 0.913. The molecule has 2 aliphatic heterocycles. The third-order valence-corrected chi connectivity index (χ3v) is 7.13. The minimum absolute atomic E-state index is 0.127. The predicted molar refractivity (Wildman–Crippen MR) is 113 cm³/mol. The number of carbonyl (C=O) groups excluding carboxylic acids is 2. The molecule has 5 heteroatoms. The van der Waals surface area contributed by atoms with E-state index in [1.54, 1.807) is 0 Å². The van der Waals surface area contributed by atoms with Crippen molar-refractivity contribution in [2.45, 2.75) is 78.7 Å². The summed E-state index contributed by atoms with van der Waals surface area (Å²) in [4.78, 5) is 33.3. The third kappa shape index (κ3) is 4.55. The van der Waals surface area contributed by atoms with Crippen LogP contribution in [0.3, 0.4) is 0 Å². The zero-order valence-electron chi connectivity index (χ0n) is 18.6. The van der Waals surface area contributed by atoms with E-state index in [0.29, 0.717) is 24.2 Å². The number of carbonyl (C=O) groups is 2. The molecule has 0 spiro atoms. The Morgan fingerprint density at radius 1 is 1.04 bits per heavy atom. The molecule has 2 saturated heterocycles. The highest BCUT2D eigenvalue weighted by molar-refractivity contribution is 5.88. The molecule has 1 saturated carbocycles. The Balaban J connectivity index is 1.72. The first-order valence-electron chi connectivity index (χ1n) is 11.6. The second-order valence-corrected chi connectivity index (χ2v) is 10.2. The standard InChI is InChI=1S/C23H41N3O2/c1-18(2)9-12-26-20-7-5-6-10-23(20,11-8-21(26)27)22(28)25-15-13-24(14-16-25)17-19(3)4/h18-20H,5-17H2,1-4H3/t20-,23-/m1/s1. The van der Waals surface area contributed by atoms with Gasteiger partial charge in [0.25, 0.3) is 0 Å². The van der Waals surface area contributed by atoms with Crippen LogP contribution >= 0.6 is 0 Å². The third-order valence-electron chi connectivity index (χ3n) is 7.13. The number of fused-ring (bicyclic) bond motifs is 1. The van der Waals surface area contributed by atoms with E-state index in [1.807, 2.05) is 0 Å². The smallest absolute Gasteiger partial charge is 0.230 e. The molecule has 2 atom stereocenters. The number of piperidine rings is 1. The van der Waals surface area contributed by atoms with Gasteiger partial charge in [0.15, 0.2) is 0 Å². The fourth-order valence-electron chi connectivity index (χ4n) is 5.61. The first-order valence-corrected chi connectivity index (χ1v) is 11.6. The Kier molecular flexibility index (Phi) is 7.06. The van der Waals surface area contributed by atoms with Crippen LogP contribution in [0.4, 0.5) is 0 Å². The summed E-state index contributed by atoms with van der Waals surface area (Å²) in [7, 11) is 0. The average molecular weight is 392 g/mol. The van der Waals surface area contributed by atoms with Crippen molar-refractivity contribution in [3.8, 4) is 0 Å². The summed E-state index contributed by atoms with van der Waals surface area (Å²) in [5.41, 5.74) is -0.316. The summed E-state index contributed by atoms with van der Waals surface area (Å²) in [5, 5.41) is 0. The molecule has 3 fully saturated rings. The van der Waals surface area contributed by atoms with Crippen LogP contribution in [0.15, 0.2) is 0 Å². The summed E-state index contributed by atoms with van der Waals surface area (Å²) < 4.78 is 0. The highest BCUT2D eigenvalue weighted by atomic mass is 16.2. The van der Waals surface area contributed by atoms with Crippen molar-refractivity contribution in [3.05, 3.63) is 0 Å². The van der Waals surface area contributed by atoms with Gasteiger partial charge in [0, 0.05) is 51.7 Å². The number of hydrogen-bond acceptors (Lipinski definition) is 3. The SMILES string of the molecule is CC(C)CCN1C(=O)CC[C@]2(C(=O)N3CCN(CC(C)C)CC3)CCCC[C@@H]12. The van der Waals surface area contributed by atoms with Crippen molar-refractivity contribution in [2.24, 2.45) is 17.3 Å². The zero-order chi connectivity index (χ0) is 20.3. The molecule has 5 nitrogen and oxygen atoms in total. The van der Waals surface area contributed by atoms with Crippen LogP contribution < -0.4 is 0 Å². The largest absolute Gasteiger partial charge is 0.340 e. The maximum atomic E-state index is 13.8. The van der Waals surface area contributed by atoms with Crippen LogP contribution in [0.2, 0.25) is 0 Å². The lowest BCUT2D eigenvalue weighted by atomic mass is 9.64. The van der Waals surface area contributed by atoms with Crippen molar-refractivity contribution in [2.75, 3.05) is 39.3 Å². The molecule has 0 aromatic carbocycles. The Hall–Kier alpha value is -1.10. The van der Waals surface area contributed by atoms with Gasteiger partial charge in [-0.15, -0.1) is 0 Å². The number of rotatable bonds is 6. The van der Waals surface area contributed by atoms with Crippen LogP contribution in [-0.4, -0.2) is 71.8 Å². The van der Waals surface area contributed by atoms with Crippen LogP contribution in [-0.2, 0) is 9.59 Å². The maximum absolute atomic E-state index is 13.8. The molecule has 3 rings (SSSR count). The molecule has 0 bridgehead atoms. The van der Waals surface area contributed by atoms with Gasteiger partial charge in [0.2, 0.25) is 11.8 Å². The Bertz CT molecular complexity index is 554. The van der Waals surface area contributed by atoms with Crippen LogP contribution in [0, 0.1) is 17.3 Å². The van der Waals surface area contributed by atoms with E-state index in [9.17, 15) is 9.59 Å². The highest BCUT2D eigenvalue weighted by Crippen LogP contribution is 2.47. The Morgan fingerprint density at radius 2 is 1.75 bits per heavy atom. The molecule has 0 N–H and O–H groups in total. The van der Waals surface area contributed by atoms with Gasteiger partial charge in [0.05, 0.1) is 5.41 Å². The first-order chi connectivity index (χ1) is 13.3. The van der Waals surface area contributed by atoms with E-state index < -0.39 is 0 Å². The molecule has 2 amide bonds. The average Bonchev–Trinajstić information content (AvgIpc) is 2.66. The summed E-state index contributed by atoms with van der Waals surface area (Å²) >= 11 is 0. The number of piperazine rings is 1. The van der Waals surface area contributed by atoms with E-state index in [0.717, 1.165) is 77.8 Å². The molecule has 0 aromatic heterocycles. The van der Waals surface area contributed by atoms with Crippen molar-refractivity contribution in [1.29, 1.82) is 0 Å². The topological polar surface area (TPSA) is 43.9 Å². The monoisotopic (exact) mass is 391 g/mol. The quantitative estimate of drug-likeness (QED) is 0.697. The van der Waals surface area contributed by atoms with Gasteiger partial charge in [-0.3, -0.25) is 14.5 Å². The lowest BCUT2D eigenvalue weighted by molar-refractivity contribution is -0.163. The normalized spacial score (nSPS) is 29.5. The van der Waals surface area contributed by atoms with Gasteiger partial charge < -0.3 is 9.80 Å². The van der Waals surface area contributed by atoms with E-state index in [4.69, 9.17) is 0 Å². The van der Waals surface area contributed by atoms with E-state index >= 15 is 0 Å². The van der Waals surface area contributed by atoms with Crippen molar-refractivity contribution in [1.82, 2.24) is 14.7 Å². The van der Waals surface area contributed by atoms with Gasteiger partial charge in [-0.1, -0.05) is 40.5 Å². The molecule has 0 aromatic rings. The second-order valence-electron chi connectivity index (χ2n) is 10.2. The fourth-order valence-corrected chi connectivity index (χ4v) is 5.61. The first kappa shape index (κ1) is 21.6. The summed E-state index contributed by atoms with van der Waals surface area (Å²) in [5.74, 6) is 1.88. The highest BCUT2D eigenvalue weighted by Gasteiger charge is 2.54. The molecule has 0 unspecified atom stereocenters. The van der Waals surface area contributed by atoms with Crippen LogP contribution in [0.1, 0.15) is 72.6 Å². The van der Waals surface area contributed by atoms with Crippen molar-refractivity contribution < 1.29 is 9.59 Å². The Morgan fingerprint density at radius 3 is 2.39 bits per heavy atom. The number of nitrogens with zero attached hydrogens (tertiary/aromatic N) is 3.